The van der Waals surface area contributed by atoms with Crippen molar-refractivity contribution in [2.45, 2.75) is 13.3 Å². The van der Waals surface area contributed by atoms with E-state index in [0.717, 1.165) is 16.8 Å². The van der Waals surface area contributed by atoms with Crippen LogP contribution >= 0.6 is 0 Å². The first kappa shape index (κ1) is 17.3. The summed E-state index contributed by atoms with van der Waals surface area (Å²) in [6.07, 6.45) is 14.4. The van der Waals surface area contributed by atoms with Gasteiger partial charge >= 0.3 is 0 Å². The van der Waals surface area contributed by atoms with Crippen LogP contribution in [0.25, 0.3) is 5.57 Å². The molecule has 0 saturated carbocycles. The van der Waals surface area contributed by atoms with Crippen molar-refractivity contribution < 1.29 is 4.79 Å². The molecule has 0 saturated heterocycles. The summed E-state index contributed by atoms with van der Waals surface area (Å²) in [4.78, 5) is 16.4. The summed E-state index contributed by atoms with van der Waals surface area (Å²) in [5.41, 5.74) is 3.22. The number of ketones is 1. The van der Waals surface area contributed by atoms with Gasteiger partial charge in [-0.2, -0.15) is 0 Å². The highest BCUT2D eigenvalue weighted by molar-refractivity contribution is 5.99. The lowest BCUT2D eigenvalue weighted by Gasteiger charge is -2.04. The number of Topliss-reactive ketones (excluding diaryl/α,β-unsaturated/α-hetero) is 1. The Hall–Kier alpha value is -2.74. The molecule has 1 heterocycles. The minimum absolute atomic E-state index is 0.0245. The number of nitrogens with zero attached hydrogens (tertiary/aromatic N) is 1. The molecule has 0 aliphatic carbocycles. The standard InChI is InChI=1S/C20H21NO/c1-5-9-11-16(7-3)18-12-13-19(21-15-18)14-20(22)17(8-4)10-6-2/h5-13,15H,2-4,14H2,1H3/b9-5-,16-11+,17-10+. The van der Waals surface area contributed by atoms with E-state index >= 15 is 0 Å². The number of rotatable bonds is 8. The van der Waals surface area contributed by atoms with E-state index < -0.39 is 0 Å². The number of carbonyl (C=O) groups excluding carboxylic acids is 1. The van der Waals surface area contributed by atoms with E-state index in [2.05, 4.69) is 24.7 Å². The molecule has 0 amide bonds. The van der Waals surface area contributed by atoms with E-state index in [1.165, 1.54) is 6.08 Å². The second-order valence-electron chi connectivity index (χ2n) is 4.55. The maximum atomic E-state index is 12.1. The largest absolute Gasteiger partial charge is 0.294 e. The summed E-state index contributed by atoms with van der Waals surface area (Å²) in [6.45, 7) is 13.0. The lowest BCUT2D eigenvalue weighted by Crippen LogP contribution is -2.06. The summed E-state index contributed by atoms with van der Waals surface area (Å²) >= 11 is 0. The van der Waals surface area contributed by atoms with Gasteiger partial charge in [-0.25, -0.2) is 0 Å². The first-order valence-electron chi connectivity index (χ1n) is 7.05. The smallest absolute Gasteiger partial charge is 0.168 e. The van der Waals surface area contributed by atoms with Crippen LogP contribution in [-0.4, -0.2) is 10.8 Å². The van der Waals surface area contributed by atoms with Gasteiger partial charge in [0, 0.05) is 17.5 Å². The maximum absolute atomic E-state index is 12.1. The Morgan fingerprint density at radius 3 is 2.45 bits per heavy atom. The molecule has 0 N–H and O–H groups in total. The number of pyridine rings is 1. The Kier molecular flexibility index (Phi) is 7.27. The molecule has 0 spiro atoms. The molecule has 1 aromatic heterocycles. The molecule has 0 bridgehead atoms. The van der Waals surface area contributed by atoms with Crippen LogP contribution in [0.4, 0.5) is 0 Å². The van der Waals surface area contributed by atoms with Crippen LogP contribution in [0.1, 0.15) is 18.2 Å². The highest BCUT2D eigenvalue weighted by Crippen LogP contribution is 2.15. The van der Waals surface area contributed by atoms with E-state index in [0.29, 0.717) is 5.57 Å². The fraction of sp³-hybridized carbons (Fsp3) is 0.100. The second kappa shape index (κ2) is 9.24. The predicted molar refractivity (Wildman–Crippen MR) is 94.4 cm³/mol. The van der Waals surface area contributed by atoms with Crippen molar-refractivity contribution in [1.82, 2.24) is 4.98 Å². The van der Waals surface area contributed by atoms with E-state index in [4.69, 9.17) is 0 Å². The van der Waals surface area contributed by atoms with Gasteiger partial charge in [-0.05, 0) is 24.1 Å². The van der Waals surface area contributed by atoms with Crippen LogP contribution < -0.4 is 0 Å². The summed E-state index contributed by atoms with van der Waals surface area (Å²) in [5.74, 6) is -0.0245. The van der Waals surface area contributed by atoms with Crippen molar-refractivity contribution in [2.24, 2.45) is 0 Å². The molecule has 2 heteroatoms. The van der Waals surface area contributed by atoms with Crippen molar-refractivity contribution in [2.75, 3.05) is 0 Å². The van der Waals surface area contributed by atoms with Crippen molar-refractivity contribution in [3.05, 3.63) is 97.4 Å². The molecule has 0 aliphatic rings. The lowest BCUT2D eigenvalue weighted by atomic mass is 10.0. The van der Waals surface area contributed by atoms with Crippen LogP contribution in [0, 0.1) is 0 Å². The Morgan fingerprint density at radius 1 is 1.18 bits per heavy atom. The van der Waals surface area contributed by atoms with Gasteiger partial charge in [-0.1, -0.05) is 68.3 Å². The monoisotopic (exact) mass is 291 g/mol. The molecule has 112 valence electrons. The maximum Gasteiger partial charge on any atom is 0.168 e. The number of carbonyl (C=O) groups is 1. The van der Waals surface area contributed by atoms with Crippen molar-refractivity contribution >= 4 is 11.4 Å². The SMILES string of the molecule is C=C/C=C(\C=C)C(=O)Cc1ccc(/C(C=C)=C/C=C\C)cn1. The zero-order valence-corrected chi connectivity index (χ0v) is 13.0. The molecule has 0 radical (unpaired) electrons. The van der Waals surface area contributed by atoms with Gasteiger partial charge in [0.25, 0.3) is 0 Å². The molecule has 0 unspecified atom stereocenters. The normalized spacial score (nSPS) is 12.2. The zero-order valence-electron chi connectivity index (χ0n) is 13.0. The summed E-state index contributed by atoms with van der Waals surface area (Å²) in [7, 11) is 0. The van der Waals surface area contributed by atoms with E-state index in [1.54, 1.807) is 24.4 Å². The quantitative estimate of drug-likeness (QED) is 0.516. The molecule has 0 aromatic carbocycles. The molecule has 0 atom stereocenters. The number of allylic oxidation sites excluding steroid dienone is 9. The first-order chi connectivity index (χ1) is 10.7. The third-order valence-corrected chi connectivity index (χ3v) is 3.03. The minimum Gasteiger partial charge on any atom is -0.294 e. The Bertz CT molecular complexity index is 643. The van der Waals surface area contributed by atoms with Gasteiger partial charge in [0.15, 0.2) is 5.78 Å². The van der Waals surface area contributed by atoms with Crippen molar-refractivity contribution in [3.8, 4) is 0 Å². The molecule has 22 heavy (non-hydrogen) atoms. The average Bonchev–Trinajstić information content (AvgIpc) is 2.54. The van der Waals surface area contributed by atoms with Gasteiger partial charge in [-0.3, -0.25) is 9.78 Å². The highest BCUT2D eigenvalue weighted by atomic mass is 16.1. The zero-order chi connectivity index (χ0) is 16.4. The molecule has 1 rings (SSSR count). The van der Waals surface area contributed by atoms with Crippen LogP contribution in [0.15, 0.2) is 86.2 Å². The molecule has 0 fully saturated rings. The van der Waals surface area contributed by atoms with Crippen molar-refractivity contribution in [1.29, 1.82) is 0 Å². The fourth-order valence-electron chi connectivity index (χ4n) is 1.85. The van der Waals surface area contributed by atoms with Crippen LogP contribution in [0.3, 0.4) is 0 Å². The third-order valence-electron chi connectivity index (χ3n) is 3.03. The predicted octanol–water partition coefficient (Wildman–Crippen LogP) is 4.64. The Balaban J connectivity index is 2.91. The van der Waals surface area contributed by atoms with Crippen molar-refractivity contribution in [3.63, 3.8) is 0 Å². The number of aromatic nitrogens is 1. The van der Waals surface area contributed by atoms with Crippen LogP contribution in [0.5, 0.6) is 0 Å². The lowest BCUT2D eigenvalue weighted by molar-refractivity contribution is -0.114. The summed E-state index contributed by atoms with van der Waals surface area (Å²) < 4.78 is 0. The first-order valence-corrected chi connectivity index (χ1v) is 7.05. The second-order valence-corrected chi connectivity index (χ2v) is 4.55. The average molecular weight is 291 g/mol. The molecule has 0 aliphatic heterocycles. The summed E-state index contributed by atoms with van der Waals surface area (Å²) in [5, 5.41) is 0. The van der Waals surface area contributed by atoms with Gasteiger partial charge in [-0.15, -0.1) is 0 Å². The van der Waals surface area contributed by atoms with E-state index in [1.807, 2.05) is 37.3 Å². The fourth-order valence-corrected chi connectivity index (χ4v) is 1.85. The topological polar surface area (TPSA) is 30.0 Å². The van der Waals surface area contributed by atoms with E-state index in [-0.39, 0.29) is 12.2 Å². The minimum atomic E-state index is -0.0245. The van der Waals surface area contributed by atoms with Gasteiger partial charge < -0.3 is 0 Å². The van der Waals surface area contributed by atoms with Gasteiger partial charge in [0.2, 0.25) is 0 Å². The Labute approximate surface area is 132 Å². The highest BCUT2D eigenvalue weighted by Gasteiger charge is 2.08. The molecule has 2 nitrogen and oxygen atoms in total. The van der Waals surface area contributed by atoms with E-state index in [9.17, 15) is 4.79 Å². The van der Waals surface area contributed by atoms with Gasteiger partial charge in [0.1, 0.15) is 0 Å². The molecular weight excluding hydrogens is 270 g/mol. The molecule has 1 aromatic rings. The summed E-state index contributed by atoms with van der Waals surface area (Å²) in [6, 6.07) is 3.80. The van der Waals surface area contributed by atoms with Gasteiger partial charge in [0.05, 0.1) is 6.42 Å². The van der Waals surface area contributed by atoms with Crippen LogP contribution in [0.2, 0.25) is 0 Å². The molecular formula is C20H21NO. The number of hydrogen-bond donors (Lipinski definition) is 0. The number of hydrogen-bond acceptors (Lipinski definition) is 2. The van der Waals surface area contributed by atoms with Crippen LogP contribution in [-0.2, 0) is 11.2 Å². The third kappa shape index (κ3) is 4.98. The Morgan fingerprint density at radius 2 is 1.95 bits per heavy atom.